The van der Waals surface area contributed by atoms with E-state index < -0.39 is 0 Å². The Morgan fingerprint density at radius 2 is 1.69 bits per heavy atom. The quantitative estimate of drug-likeness (QED) is 0.699. The Morgan fingerprint density at radius 1 is 0.962 bits per heavy atom. The lowest BCUT2D eigenvalue weighted by atomic mass is 9.97. The number of nitrogens with zero attached hydrogens (tertiary/aromatic N) is 4. The fourth-order valence-corrected chi connectivity index (χ4v) is 3.54. The lowest BCUT2D eigenvalue weighted by Gasteiger charge is -2.13. The Kier molecular flexibility index (Phi) is 5.48. The average molecular weight is 357 g/mol. The average Bonchev–Trinajstić information content (AvgIpc) is 2.68. The standard InChI is InChI=1S/C20H15N5S/c21-10-17-16(9-14-5-2-1-3-6-14)18(11-22)20(25-19(17)23)26-13-15-7-4-8-24-12-15/h1-8,12H,9,13H2,(H2,23,25). The molecule has 0 unspecified atom stereocenters. The van der Waals surface area contributed by atoms with Crippen LogP contribution in [0.2, 0.25) is 0 Å². The highest BCUT2D eigenvalue weighted by Gasteiger charge is 2.19. The van der Waals surface area contributed by atoms with Crippen LogP contribution in [0.5, 0.6) is 0 Å². The molecule has 5 nitrogen and oxygen atoms in total. The first-order valence-electron chi connectivity index (χ1n) is 7.91. The minimum Gasteiger partial charge on any atom is -0.383 e. The van der Waals surface area contributed by atoms with Gasteiger partial charge in [-0.05, 0) is 22.8 Å². The molecule has 0 saturated carbocycles. The van der Waals surface area contributed by atoms with Crippen LogP contribution >= 0.6 is 11.8 Å². The van der Waals surface area contributed by atoms with E-state index in [1.54, 1.807) is 12.4 Å². The van der Waals surface area contributed by atoms with Gasteiger partial charge in [0.25, 0.3) is 0 Å². The topological polar surface area (TPSA) is 99.4 Å². The molecule has 0 spiro atoms. The van der Waals surface area contributed by atoms with Crippen LogP contribution in [-0.2, 0) is 12.2 Å². The molecule has 0 saturated heterocycles. The summed E-state index contributed by atoms with van der Waals surface area (Å²) in [7, 11) is 0. The van der Waals surface area contributed by atoms with Crippen molar-refractivity contribution in [3.63, 3.8) is 0 Å². The molecule has 0 aliphatic carbocycles. The molecule has 2 aromatic heterocycles. The molecule has 0 atom stereocenters. The molecule has 0 aliphatic rings. The third-order valence-electron chi connectivity index (χ3n) is 3.84. The highest BCUT2D eigenvalue weighted by Crippen LogP contribution is 2.31. The Bertz CT molecular complexity index is 989. The van der Waals surface area contributed by atoms with Crippen molar-refractivity contribution in [3.05, 3.63) is 82.7 Å². The van der Waals surface area contributed by atoms with Gasteiger partial charge in [-0.3, -0.25) is 4.98 Å². The van der Waals surface area contributed by atoms with Crippen molar-refractivity contribution in [2.45, 2.75) is 17.2 Å². The number of aromatic nitrogens is 2. The number of rotatable bonds is 5. The van der Waals surface area contributed by atoms with Gasteiger partial charge in [0.05, 0.1) is 11.1 Å². The summed E-state index contributed by atoms with van der Waals surface area (Å²) in [6.07, 6.45) is 3.95. The van der Waals surface area contributed by atoms with Crippen LogP contribution in [0.4, 0.5) is 5.82 Å². The van der Waals surface area contributed by atoms with Gasteiger partial charge in [-0.15, -0.1) is 11.8 Å². The Morgan fingerprint density at radius 3 is 2.35 bits per heavy atom. The van der Waals surface area contributed by atoms with Crippen LogP contribution < -0.4 is 5.73 Å². The highest BCUT2D eigenvalue weighted by atomic mass is 32.2. The van der Waals surface area contributed by atoms with Crippen LogP contribution in [0.15, 0.2) is 59.9 Å². The third kappa shape index (κ3) is 3.83. The normalized spacial score (nSPS) is 10.1. The van der Waals surface area contributed by atoms with Gasteiger partial charge in [-0.25, -0.2) is 4.98 Å². The summed E-state index contributed by atoms with van der Waals surface area (Å²) < 4.78 is 0. The molecule has 0 radical (unpaired) electrons. The fraction of sp³-hybridized carbons (Fsp3) is 0.100. The minimum atomic E-state index is 0.158. The first kappa shape index (κ1) is 17.5. The molecule has 126 valence electrons. The molecular formula is C20H15N5S. The molecule has 2 N–H and O–H groups in total. The molecule has 0 fully saturated rings. The summed E-state index contributed by atoms with van der Waals surface area (Å²) in [5, 5.41) is 19.8. The number of nitriles is 2. The van der Waals surface area contributed by atoms with E-state index in [-0.39, 0.29) is 11.4 Å². The van der Waals surface area contributed by atoms with E-state index in [0.717, 1.165) is 11.1 Å². The Labute approximate surface area is 156 Å². The molecule has 26 heavy (non-hydrogen) atoms. The largest absolute Gasteiger partial charge is 0.383 e. The van der Waals surface area contributed by atoms with E-state index in [1.807, 2.05) is 42.5 Å². The van der Waals surface area contributed by atoms with Gasteiger partial charge in [0, 0.05) is 24.6 Å². The number of benzene rings is 1. The predicted molar refractivity (Wildman–Crippen MR) is 101 cm³/mol. The van der Waals surface area contributed by atoms with Gasteiger partial charge in [-0.2, -0.15) is 10.5 Å². The minimum absolute atomic E-state index is 0.158. The van der Waals surface area contributed by atoms with Crippen molar-refractivity contribution in [2.24, 2.45) is 0 Å². The molecule has 0 bridgehead atoms. The summed E-state index contributed by atoms with van der Waals surface area (Å²) in [6.45, 7) is 0. The van der Waals surface area contributed by atoms with Crippen molar-refractivity contribution < 1.29 is 0 Å². The van der Waals surface area contributed by atoms with Gasteiger partial charge < -0.3 is 5.73 Å². The number of anilines is 1. The zero-order valence-electron chi connectivity index (χ0n) is 13.9. The number of pyridine rings is 2. The van der Waals surface area contributed by atoms with Gasteiger partial charge >= 0.3 is 0 Å². The van der Waals surface area contributed by atoms with E-state index in [2.05, 4.69) is 22.1 Å². The second kappa shape index (κ2) is 8.15. The van der Waals surface area contributed by atoms with Crippen LogP contribution in [-0.4, -0.2) is 9.97 Å². The summed E-state index contributed by atoms with van der Waals surface area (Å²) in [6, 6.07) is 17.8. The Balaban J connectivity index is 2.00. The van der Waals surface area contributed by atoms with Gasteiger partial charge in [0.1, 0.15) is 23.0 Å². The van der Waals surface area contributed by atoms with Crippen molar-refractivity contribution in [3.8, 4) is 12.1 Å². The molecule has 0 amide bonds. The Hall–Kier alpha value is -3.35. The zero-order valence-corrected chi connectivity index (χ0v) is 14.7. The number of hydrogen-bond acceptors (Lipinski definition) is 6. The van der Waals surface area contributed by atoms with Crippen LogP contribution in [0.25, 0.3) is 0 Å². The van der Waals surface area contributed by atoms with Crippen molar-refractivity contribution in [1.82, 2.24) is 9.97 Å². The van der Waals surface area contributed by atoms with E-state index >= 15 is 0 Å². The second-order valence-electron chi connectivity index (χ2n) is 5.57. The molecular weight excluding hydrogens is 342 g/mol. The van der Waals surface area contributed by atoms with Crippen LogP contribution in [0.3, 0.4) is 0 Å². The maximum atomic E-state index is 9.72. The smallest absolute Gasteiger partial charge is 0.143 e. The van der Waals surface area contributed by atoms with E-state index in [1.165, 1.54) is 11.8 Å². The molecule has 3 aromatic rings. The predicted octanol–water partition coefficient (Wildman–Crippen LogP) is 3.69. The maximum Gasteiger partial charge on any atom is 0.143 e. The lowest BCUT2D eigenvalue weighted by Crippen LogP contribution is -2.06. The van der Waals surface area contributed by atoms with Crippen molar-refractivity contribution >= 4 is 17.6 Å². The number of nitrogens with two attached hydrogens (primary N) is 1. The van der Waals surface area contributed by atoms with Crippen molar-refractivity contribution in [2.75, 3.05) is 5.73 Å². The highest BCUT2D eigenvalue weighted by molar-refractivity contribution is 7.98. The lowest BCUT2D eigenvalue weighted by molar-refractivity contribution is 1.04. The van der Waals surface area contributed by atoms with Crippen LogP contribution in [0.1, 0.15) is 27.8 Å². The van der Waals surface area contributed by atoms with Crippen LogP contribution in [0, 0.1) is 22.7 Å². The van der Waals surface area contributed by atoms with E-state index in [0.29, 0.717) is 28.3 Å². The molecule has 0 aliphatic heterocycles. The maximum absolute atomic E-state index is 9.72. The number of hydrogen-bond donors (Lipinski definition) is 1. The monoisotopic (exact) mass is 357 g/mol. The first-order chi connectivity index (χ1) is 12.7. The van der Waals surface area contributed by atoms with Crippen molar-refractivity contribution in [1.29, 1.82) is 10.5 Å². The number of nitrogen functional groups attached to an aromatic ring is 1. The molecule has 2 heterocycles. The van der Waals surface area contributed by atoms with E-state index in [4.69, 9.17) is 5.73 Å². The van der Waals surface area contributed by atoms with Gasteiger partial charge in [0.2, 0.25) is 0 Å². The molecule has 3 rings (SSSR count). The summed E-state index contributed by atoms with van der Waals surface area (Å²) in [5.74, 6) is 0.775. The fourth-order valence-electron chi connectivity index (χ4n) is 2.59. The second-order valence-corrected chi connectivity index (χ2v) is 6.53. The van der Waals surface area contributed by atoms with Gasteiger partial charge in [-0.1, -0.05) is 36.4 Å². The summed E-state index contributed by atoms with van der Waals surface area (Å²) >= 11 is 1.42. The SMILES string of the molecule is N#Cc1c(N)nc(SCc2cccnc2)c(C#N)c1Cc1ccccc1. The zero-order chi connectivity index (χ0) is 18.4. The summed E-state index contributed by atoms with van der Waals surface area (Å²) in [4.78, 5) is 8.40. The third-order valence-corrected chi connectivity index (χ3v) is 4.89. The molecule has 6 heteroatoms. The molecule has 1 aromatic carbocycles. The summed E-state index contributed by atoms with van der Waals surface area (Å²) in [5.41, 5.74) is 9.35. The van der Waals surface area contributed by atoms with Gasteiger partial charge in [0.15, 0.2) is 0 Å². The number of thioether (sulfide) groups is 1. The van der Waals surface area contributed by atoms with E-state index in [9.17, 15) is 10.5 Å². The first-order valence-corrected chi connectivity index (χ1v) is 8.89.